The van der Waals surface area contributed by atoms with Crippen LogP contribution in [0.25, 0.3) is 0 Å². The first-order valence-electron chi connectivity index (χ1n) is 8.52. The lowest BCUT2D eigenvalue weighted by atomic mass is 10.1. The minimum Gasteiger partial charge on any atom is -0.317 e. The van der Waals surface area contributed by atoms with E-state index < -0.39 is 0 Å². The van der Waals surface area contributed by atoms with Crippen LogP contribution in [0, 0.1) is 0 Å². The number of aromatic nitrogens is 2. The second-order valence-corrected chi connectivity index (χ2v) is 8.16. The zero-order valence-electron chi connectivity index (χ0n) is 14.6. The number of carbonyl (C=O) groups excluding carboxylic acids is 1. The lowest BCUT2D eigenvalue weighted by Gasteiger charge is -2.30. The molecule has 0 fully saturated rings. The van der Waals surface area contributed by atoms with Crippen molar-refractivity contribution in [2.45, 2.75) is 22.2 Å². The molecule has 4 nitrogen and oxygen atoms in total. The molecule has 1 unspecified atom stereocenters. The van der Waals surface area contributed by atoms with Gasteiger partial charge in [-0.15, -0.1) is 0 Å². The number of fused-ring (bicyclic) bond motifs is 1. The largest absolute Gasteiger partial charge is 0.317 e. The average molecular weight is 382 g/mol. The van der Waals surface area contributed by atoms with E-state index in [9.17, 15) is 4.79 Å². The van der Waals surface area contributed by atoms with E-state index in [1.807, 2.05) is 60.1 Å². The third-order valence-electron chi connectivity index (χ3n) is 4.32. The molecule has 0 N–H and O–H groups in total. The third kappa shape index (κ3) is 3.04. The number of carbonyl (C=O) groups is 1. The number of nitrogens with zero attached hydrogens (tertiary/aromatic N) is 3. The number of ketones is 1. The number of benzene rings is 2. The maximum Gasteiger partial charge on any atom is 0.202 e. The highest BCUT2D eigenvalue weighted by atomic mass is 32.2. The Labute approximate surface area is 161 Å². The molecule has 0 amide bonds. The van der Waals surface area contributed by atoms with E-state index in [1.54, 1.807) is 23.7 Å². The summed E-state index contributed by atoms with van der Waals surface area (Å²) in [5.74, 6) is 0.895. The van der Waals surface area contributed by atoms with Gasteiger partial charge in [-0.2, -0.15) is 0 Å². The summed E-state index contributed by atoms with van der Waals surface area (Å²) < 4.78 is 4.07. The van der Waals surface area contributed by atoms with Gasteiger partial charge in [0.25, 0.3) is 0 Å². The lowest BCUT2D eigenvalue weighted by Crippen LogP contribution is -2.28. The van der Waals surface area contributed by atoms with E-state index in [4.69, 9.17) is 4.98 Å². The summed E-state index contributed by atoms with van der Waals surface area (Å²) in [7, 11) is 1.93. The SMILES string of the molecule is CCN1SC(c2ccccc2)C(=O)c2c1nc(Sc1ccccc1)n2C. The second-order valence-electron chi connectivity index (χ2n) is 6.00. The van der Waals surface area contributed by atoms with Gasteiger partial charge in [0.05, 0.1) is 0 Å². The maximum atomic E-state index is 13.2. The molecule has 2 aromatic carbocycles. The molecule has 0 saturated carbocycles. The standard InChI is InChI=1S/C20H19N3OS2/c1-3-23-19-16(17(24)18(26-23)14-10-6-4-7-11-14)22(2)20(21-19)25-15-12-8-5-9-13-15/h4-13,18H,3H2,1-2H3. The minimum atomic E-state index is -0.228. The van der Waals surface area contributed by atoms with Gasteiger partial charge < -0.3 is 4.57 Å². The molecule has 0 aliphatic carbocycles. The molecule has 0 radical (unpaired) electrons. The summed E-state index contributed by atoms with van der Waals surface area (Å²) in [6, 6.07) is 20.1. The molecule has 0 saturated heterocycles. The topological polar surface area (TPSA) is 38.1 Å². The molecule has 0 bridgehead atoms. The highest BCUT2D eigenvalue weighted by molar-refractivity contribution is 8.01. The van der Waals surface area contributed by atoms with Crippen LogP contribution < -0.4 is 4.31 Å². The van der Waals surface area contributed by atoms with Gasteiger partial charge in [0.1, 0.15) is 10.9 Å². The molecule has 1 atom stereocenters. The summed E-state index contributed by atoms with van der Waals surface area (Å²) in [4.78, 5) is 19.1. The Balaban J connectivity index is 1.74. The Hall–Kier alpha value is -2.18. The summed E-state index contributed by atoms with van der Waals surface area (Å²) in [5.41, 5.74) is 1.72. The molecule has 1 aromatic heterocycles. The van der Waals surface area contributed by atoms with Crippen LogP contribution in [0.1, 0.15) is 28.2 Å². The first-order chi connectivity index (χ1) is 12.7. The highest BCUT2D eigenvalue weighted by Gasteiger charge is 2.38. The minimum absolute atomic E-state index is 0.121. The normalized spacial score (nSPS) is 16.6. The van der Waals surface area contributed by atoms with Crippen molar-refractivity contribution < 1.29 is 4.79 Å². The predicted octanol–water partition coefficient (Wildman–Crippen LogP) is 4.98. The summed E-state index contributed by atoms with van der Waals surface area (Å²) >= 11 is 3.15. The maximum absolute atomic E-state index is 13.2. The van der Waals surface area contributed by atoms with E-state index in [0.717, 1.165) is 28.0 Å². The van der Waals surface area contributed by atoms with Crippen molar-refractivity contribution in [3.8, 4) is 0 Å². The average Bonchev–Trinajstić information content (AvgIpc) is 3.00. The van der Waals surface area contributed by atoms with Crippen LogP contribution in [-0.4, -0.2) is 21.9 Å². The Morgan fingerprint density at radius 2 is 1.73 bits per heavy atom. The van der Waals surface area contributed by atoms with Gasteiger partial charge in [-0.05, 0) is 36.6 Å². The third-order valence-corrected chi connectivity index (χ3v) is 6.76. The van der Waals surface area contributed by atoms with Gasteiger partial charge in [0.2, 0.25) is 5.78 Å². The summed E-state index contributed by atoms with van der Waals surface area (Å²) in [5, 5.41) is 0.607. The number of hydrogen-bond donors (Lipinski definition) is 0. The van der Waals surface area contributed by atoms with Crippen LogP contribution in [0.3, 0.4) is 0 Å². The number of hydrogen-bond acceptors (Lipinski definition) is 5. The number of Topliss-reactive ketones (excluding diaryl/α,β-unsaturated/α-hetero) is 1. The van der Waals surface area contributed by atoms with Crippen molar-refractivity contribution in [3.63, 3.8) is 0 Å². The van der Waals surface area contributed by atoms with Crippen molar-refractivity contribution in [2.75, 3.05) is 10.8 Å². The molecule has 2 heterocycles. The molecule has 132 valence electrons. The smallest absolute Gasteiger partial charge is 0.202 e. The predicted molar refractivity (Wildman–Crippen MR) is 108 cm³/mol. The first-order valence-corrected chi connectivity index (χ1v) is 10.2. The van der Waals surface area contributed by atoms with E-state index in [1.165, 1.54) is 0 Å². The lowest BCUT2D eigenvalue weighted by molar-refractivity contribution is 0.0980. The van der Waals surface area contributed by atoms with Crippen LogP contribution in [-0.2, 0) is 7.05 Å². The van der Waals surface area contributed by atoms with E-state index in [0.29, 0.717) is 5.69 Å². The van der Waals surface area contributed by atoms with Crippen LogP contribution in [0.4, 0.5) is 5.82 Å². The molecule has 1 aliphatic heterocycles. The molecule has 3 aromatic rings. The van der Waals surface area contributed by atoms with Gasteiger partial charge in [-0.3, -0.25) is 9.10 Å². The number of rotatable bonds is 4. The van der Waals surface area contributed by atoms with Crippen molar-refractivity contribution in [2.24, 2.45) is 7.05 Å². The molecule has 6 heteroatoms. The van der Waals surface area contributed by atoms with Gasteiger partial charge in [-0.25, -0.2) is 4.98 Å². The van der Waals surface area contributed by atoms with Crippen molar-refractivity contribution >= 4 is 35.3 Å². The second kappa shape index (κ2) is 7.21. The molecular weight excluding hydrogens is 362 g/mol. The monoisotopic (exact) mass is 381 g/mol. The number of imidazole rings is 1. The van der Waals surface area contributed by atoms with Gasteiger partial charge in [0.15, 0.2) is 11.0 Å². The molecule has 1 aliphatic rings. The fraction of sp³-hybridized carbons (Fsp3) is 0.200. The van der Waals surface area contributed by atoms with Crippen LogP contribution in [0.5, 0.6) is 0 Å². The Kier molecular flexibility index (Phi) is 4.78. The first kappa shape index (κ1) is 17.2. The molecular formula is C20H19N3OS2. The van der Waals surface area contributed by atoms with Crippen LogP contribution in [0.2, 0.25) is 0 Å². The fourth-order valence-corrected chi connectivity index (χ4v) is 4.99. The van der Waals surface area contributed by atoms with Crippen molar-refractivity contribution in [1.29, 1.82) is 0 Å². The summed E-state index contributed by atoms with van der Waals surface area (Å²) in [6.07, 6.45) is 0. The zero-order valence-corrected chi connectivity index (χ0v) is 16.3. The van der Waals surface area contributed by atoms with E-state index in [2.05, 4.69) is 23.4 Å². The molecule has 26 heavy (non-hydrogen) atoms. The van der Waals surface area contributed by atoms with Gasteiger partial charge >= 0.3 is 0 Å². The van der Waals surface area contributed by atoms with Crippen LogP contribution >= 0.6 is 23.7 Å². The van der Waals surface area contributed by atoms with Gasteiger partial charge in [-0.1, -0.05) is 60.3 Å². The quantitative estimate of drug-likeness (QED) is 0.596. The van der Waals surface area contributed by atoms with Gasteiger partial charge in [0, 0.05) is 18.5 Å². The Morgan fingerprint density at radius 1 is 1.08 bits per heavy atom. The highest BCUT2D eigenvalue weighted by Crippen LogP contribution is 2.45. The Morgan fingerprint density at radius 3 is 2.38 bits per heavy atom. The van der Waals surface area contributed by atoms with E-state index >= 15 is 0 Å². The molecule has 4 rings (SSSR count). The fourth-order valence-electron chi connectivity index (χ4n) is 3.01. The van der Waals surface area contributed by atoms with Crippen molar-refractivity contribution in [1.82, 2.24) is 9.55 Å². The Bertz CT molecular complexity index is 925. The van der Waals surface area contributed by atoms with Crippen molar-refractivity contribution in [3.05, 3.63) is 71.9 Å². The number of anilines is 1. The van der Waals surface area contributed by atoms with E-state index in [-0.39, 0.29) is 11.0 Å². The van der Waals surface area contributed by atoms with Crippen LogP contribution in [0.15, 0.2) is 70.7 Å². The molecule has 0 spiro atoms. The zero-order chi connectivity index (χ0) is 18.1. The summed E-state index contributed by atoms with van der Waals surface area (Å²) in [6.45, 7) is 2.88.